The molecule has 1 aromatic carbocycles. The van der Waals surface area contributed by atoms with Crippen LogP contribution in [0.2, 0.25) is 0 Å². The van der Waals surface area contributed by atoms with E-state index in [4.69, 9.17) is 0 Å². The maximum atomic E-state index is 12.6. The predicted octanol–water partition coefficient (Wildman–Crippen LogP) is 5.57. The van der Waals surface area contributed by atoms with Crippen molar-refractivity contribution in [1.82, 2.24) is 40.5 Å². The number of aryl methyl sites for hydroxylation is 2. The number of halogens is 3. The molecule has 0 bridgehead atoms. The Morgan fingerprint density at radius 1 is 1.09 bits per heavy atom. The van der Waals surface area contributed by atoms with Crippen molar-refractivity contribution in [1.29, 1.82) is 0 Å². The minimum atomic E-state index is -4.75. The van der Waals surface area contributed by atoms with Crippen LogP contribution in [0.15, 0.2) is 54.9 Å². The molecular weight excluding hydrogens is 601 g/mol. The van der Waals surface area contributed by atoms with Crippen molar-refractivity contribution in [3.05, 3.63) is 83.2 Å². The van der Waals surface area contributed by atoms with E-state index in [2.05, 4.69) is 40.5 Å². The SMILES string of the molecule is CC(C)(O)c1ccc(CNC(=O)c2cn(CCCCc3cc4c(-c5ccc(OC(F)(F)F)cc5)c(C5CC5)[nH]c4nn3)nn2)cn1. The summed E-state index contributed by atoms with van der Waals surface area (Å²) in [5, 5.41) is 30.6. The molecule has 0 unspecified atom stereocenters. The Kier molecular flexibility index (Phi) is 8.47. The molecule has 1 aliphatic rings. The van der Waals surface area contributed by atoms with Gasteiger partial charge in [-0.2, -0.15) is 5.10 Å². The zero-order valence-corrected chi connectivity index (χ0v) is 25.3. The minimum Gasteiger partial charge on any atom is -0.406 e. The molecule has 14 heteroatoms. The van der Waals surface area contributed by atoms with E-state index in [1.54, 1.807) is 55.2 Å². The number of carbonyl (C=O) groups excluding carboxylic acids is 1. The van der Waals surface area contributed by atoms with Crippen LogP contribution in [0, 0.1) is 0 Å². The molecule has 5 aromatic rings. The fraction of sp³-hybridized carbons (Fsp3) is 0.375. The molecule has 0 spiro atoms. The van der Waals surface area contributed by atoms with Gasteiger partial charge in [0, 0.05) is 35.9 Å². The molecule has 1 amide bonds. The van der Waals surface area contributed by atoms with Gasteiger partial charge in [0.05, 0.1) is 17.6 Å². The normalized spacial score (nSPS) is 13.7. The summed E-state index contributed by atoms with van der Waals surface area (Å²) in [5.41, 5.74) is 4.70. The zero-order chi connectivity index (χ0) is 32.5. The number of H-pyrrole nitrogens is 1. The third kappa shape index (κ3) is 7.50. The number of aromatic amines is 1. The van der Waals surface area contributed by atoms with Crippen LogP contribution >= 0.6 is 0 Å². The summed E-state index contributed by atoms with van der Waals surface area (Å²) >= 11 is 0. The highest BCUT2D eigenvalue weighted by Crippen LogP contribution is 2.46. The van der Waals surface area contributed by atoms with E-state index in [-0.39, 0.29) is 23.9 Å². The number of unbranched alkanes of at least 4 members (excludes halogenated alkanes) is 1. The first-order chi connectivity index (χ1) is 21.9. The molecule has 3 N–H and O–H groups in total. The number of alkyl halides is 3. The van der Waals surface area contributed by atoms with Crippen LogP contribution in [0.1, 0.15) is 78.6 Å². The van der Waals surface area contributed by atoms with Gasteiger partial charge in [-0.15, -0.1) is 23.4 Å². The van der Waals surface area contributed by atoms with E-state index >= 15 is 0 Å². The average molecular weight is 635 g/mol. The lowest BCUT2D eigenvalue weighted by Crippen LogP contribution is -2.23. The van der Waals surface area contributed by atoms with Gasteiger partial charge >= 0.3 is 6.36 Å². The number of fused-ring (bicyclic) bond motifs is 1. The van der Waals surface area contributed by atoms with Gasteiger partial charge in [0.15, 0.2) is 11.3 Å². The number of aromatic nitrogens is 7. The number of nitrogens with one attached hydrogen (secondary N) is 2. The van der Waals surface area contributed by atoms with Gasteiger partial charge < -0.3 is 20.1 Å². The van der Waals surface area contributed by atoms with Crippen molar-refractivity contribution in [3.8, 4) is 16.9 Å². The molecule has 0 atom stereocenters. The second kappa shape index (κ2) is 12.5. The molecule has 1 saturated carbocycles. The third-order valence-corrected chi connectivity index (χ3v) is 7.74. The summed E-state index contributed by atoms with van der Waals surface area (Å²) < 4.78 is 43.6. The van der Waals surface area contributed by atoms with Gasteiger partial charge in [-0.05, 0) is 87.3 Å². The lowest BCUT2D eigenvalue weighted by Gasteiger charge is -2.16. The highest BCUT2D eigenvalue weighted by Gasteiger charge is 2.32. The molecule has 0 aliphatic heterocycles. The van der Waals surface area contributed by atoms with Crippen molar-refractivity contribution in [2.24, 2.45) is 0 Å². The number of pyridine rings is 1. The van der Waals surface area contributed by atoms with Crippen LogP contribution in [0.25, 0.3) is 22.2 Å². The number of hydrogen-bond acceptors (Lipinski definition) is 8. The predicted molar refractivity (Wildman–Crippen MR) is 162 cm³/mol. The number of hydrogen-bond donors (Lipinski definition) is 3. The van der Waals surface area contributed by atoms with Crippen molar-refractivity contribution < 1.29 is 27.8 Å². The van der Waals surface area contributed by atoms with Gasteiger partial charge in [-0.25, -0.2) is 0 Å². The van der Waals surface area contributed by atoms with E-state index < -0.39 is 12.0 Å². The maximum absolute atomic E-state index is 12.6. The molecule has 0 saturated heterocycles. The summed E-state index contributed by atoms with van der Waals surface area (Å²) in [6, 6.07) is 11.4. The van der Waals surface area contributed by atoms with Crippen molar-refractivity contribution in [2.75, 3.05) is 0 Å². The Morgan fingerprint density at radius 3 is 2.54 bits per heavy atom. The molecule has 4 aromatic heterocycles. The van der Waals surface area contributed by atoms with Crippen LogP contribution in [0.5, 0.6) is 5.75 Å². The molecule has 11 nitrogen and oxygen atoms in total. The first-order valence-corrected chi connectivity index (χ1v) is 15.0. The minimum absolute atomic E-state index is 0.210. The van der Waals surface area contributed by atoms with Gasteiger partial charge in [0.1, 0.15) is 11.4 Å². The number of ether oxygens (including phenoxy) is 1. The first kappa shape index (κ1) is 31.1. The lowest BCUT2D eigenvalue weighted by atomic mass is 10.00. The molecule has 4 heterocycles. The molecular formula is C32H33F3N8O3. The number of aliphatic hydroxyl groups is 1. The number of amides is 1. The Bertz CT molecular complexity index is 1820. The Morgan fingerprint density at radius 2 is 1.87 bits per heavy atom. The van der Waals surface area contributed by atoms with Crippen molar-refractivity contribution >= 4 is 16.9 Å². The van der Waals surface area contributed by atoms with E-state index in [1.165, 1.54) is 12.1 Å². The summed E-state index contributed by atoms with van der Waals surface area (Å²) in [6.45, 7) is 4.14. The highest BCUT2D eigenvalue weighted by atomic mass is 19.4. The second-order valence-corrected chi connectivity index (χ2v) is 12.0. The van der Waals surface area contributed by atoms with Gasteiger partial charge in [-0.3, -0.25) is 14.5 Å². The largest absolute Gasteiger partial charge is 0.573 e. The van der Waals surface area contributed by atoms with Crippen LogP contribution < -0.4 is 10.1 Å². The quantitative estimate of drug-likeness (QED) is 0.151. The summed E-state index contributed by atoms with van der Waals surface area (Å²) in [4.78, 5) is 20.2. The first-order valence-electron chi connectivity index (χ1n) is 15.0. The van der Waals surface area contributed by atoms with Crippen LogP contribution in [-0.2, 0) is 25.1 Å². The number of rotatable bonds is 12. The summed E-state index contributed by atoms with van der Waals surface area (Å²) in [5.74, 6) is -0.259. The topological polar surface area (TPSA) is 144 Å². The summed E-state index contributed by atoms with van der Waals surface area (Å²) in [6.07, 6.45) is 2.75. The number of nitrogens with zero attached hydrogens (tertiary/aromatic N) is 6. The van der Waals surface area contributed by atoms with Gasteiger partial charge in [0.25, 0.3) is 5.91 Å². The standard InChI is InChI=1S/C32H33F3N8O3/c1-31(2,45)26-13-6-19(16-36-26)17-37-30(44)25-18-43(42-40-25)14-4-3-5-22-15-24-27(28(21-7-8-21)38-29(24)41-39-22)20-9-11-23(12-10-20)46-32(33,34)35/h6,9-13,15-16,18,21,45H,3-5,7-8,14,17H2,1-2H3,(H,37,44)(H,38,41). The Hall–Kier alpha value is -4.85. The van der Waals surface area contributed by atoms with Crippen LogP contribution in [0.4, 0.5) is 13.2 Å². The second-order valence-electron chi connectivity index (χ2n) is 12.0. The summed E-state index contributed by atoms with van der Waals surface area (Å²) in [7, 11) is 0. The smallest absolute Gasteiger partial charge is 0.406 e. The maximum Gasteiger partial charge on any atom is 0.573 e. The average Bonchev–Trinajstić information content (AvgIpc) is 3.63. The molecule has 6 rings (SSSR count). The fourth-order valence-electron chi connectivity index (χ4n) is 5.24. The van der Waals surface area contributed by atoms with Gasteiger partial charge in [0.2, 0.25) is 0 Å². The van der Waals surface area contributed by atoms with E-state index in [0.717, 1.165) is 59.1 Å². The van der Waals surface area contributed by atoms with E-state index in [9.17, 15) is 23.1 Å². The third-order valence-electron chi connectivity index (χ3n) is 7.74. The van der Waals surface area contributed by atoms with Crippen LogP contribution in [0.3, 0.4) is 0 Å². The highest BCUT2D eigenvalue weighted by molar-refractivity contribution is 5.96. The van der Waals surface area contributed by atoms with Crippen LogP contribution in [-0.4, -0.2) is 52.5 Å². The molecule has 1 aliphatic carbocycles. The van der Waals surface area contributed by atoms with Gasteiger partial charge in [-0.1, -0.05) is 23.4 Å². The molecule has 1 fully saturated rings. The molecule has 0 radical (unpaired) electrons. The number of benzene rings is 1. The van der Waals surface area contributed by atoms with E-state index in [1.807, 2.05) is 6.07 Å². The zero-order valence-electron chi connectivity index (χ0n) is 25.3. The van der Waals surface area contributed by atoms with E-state index in [0.29, 0.717) is 30.2 Å². The van der Waals surface area contributed by atoms with Crippen molar-refractivity contribution in [3.63, 3.8) is 0 Å². The fourth-order valence-corrected chi connectivity index (χ4v) is 5.24. The lowest BCUT2D eigenvalue weighted by molar-refractivity contribution is -0.274. The molecule has 46 heavy (non-hydrogen) atoms. The Labute approximate surface area is 262 Å². The number of carbonyl (C=O) groups is 1. The monoisotopic (exact) mass is 634 g/mol. The Balaban J connectivity index is 1.04. The molecule has 240 valence electrons. The van der Waals surface area contributed by atoms with Crippen molar-refractivity contribution in [2.45, 2.75) is 76.9 Å².